The molecule has 0 atom stereocenters. The fourth-order valence-electron chi connectivity index (χ4n) is 2.71. The minimum Gasteiger partial charge on any atom is -0.484 e. The Morgan fingerprint density at radius 1 is 1.26 bits per heavy atom. The third-order valence-corrected chi connectivity index (χ3v) is 4.67. The molecule has 0 aliphatic rings. The van der Waals surface area contributed by atoms with Gasteiger partial charge in [-0.05, 0) is 48.7 Å². The van der Waals surface area contributed by atoms with E-state index >= 15 is 0 Å². The van der Waals surface area contributed by atoms with Gasteiger partial charge in [0, 0.05) is 27.1 Å². The highest BCUT2D eigenvalue weighted by atomic mass is 79.9. The number of carbonyl (C=O) groups is 1. The predicted molar refractivity (Wildman–Crippen MR) is 112 cm³/mol. The van der Waals surface area contributed by atoms with Gasteiger partial charge >= 0.3 is 0 Å². The fraction of sp³-hybridized carbons (Fsp3) is 0.238. The largest absolute Gasteiger partial charge is 0.484 e. The Labute approximate surface area is 166 Å². The molecule has 2 N–H and O–H groups in total. The van der Waals surface area contributed by atoms with E-state index in [1.165, 1.54) is 18.4 Å². The number of rotatable bonds is 8. The molecule has 1 amide bonds. The number of benzene rings is 2. The molecule has 3 aromatic rings. The standard InChI is InChI=1S/C21H22BrN3O2/c1-2-3-4-15-5-8-18(9-6-15)27-14-21(26)25-24-13-16-12-23-20-10-7-17(22)11-19(16)20/h5-13,23H,2-4,14H2,1H3,(H,25,26)/b24-13-. The first-order valence-electron chi connectivity index (χ1n) is 8.96. The van der Waals surface area contributed by atoms with E-state index in [0.717, 1.165) is 27.4 Å². The first-order chi connectivity index (χ1) is 13.2. The van der Waals surface area contributed by atoms with E-state index < -0.39 is 0 Å². The highest BCUT2D eigenvalue weighted by Crippen LogP contribution is 2.21. The van der Waals surface area contributed by atoms with Gasteiger partial charge in [-0.3, -0.25) is 4.79 Å². The lowest BCUT2D eigenvalue weighted by Crippen LogP contribution is -2.24. The summed E-state index contributed by atoms with van der Waals surface area (Å²) in [6, 6.07) is 13.8. The molecule has 0 aliphatic carbocycles. The quantitative estimate of drug-likeness (QED) is 0.400. The van der Waals surface area contributed by atoms with Gasteiger partial charge in [-0.25, -0.2) is 5.43 Å². The SMILES string of the molecule is CCCCc1ccc(OCC(=O)N/N=C\c2c[nH]c3ccc(Br)cc23)cc1. The van der Waals surface area contributed by atoms with Crippen molar-refractivity contribution in [2.24, 2.45) is 5.10 Å². The van der Waals surface area contributed by atoms with E-state index in [9.17, 15) is 4.79 Å². The lowest BCUT2D eigenvalue weighted by atomic mass is 10.1. The number of halogens is 1. The second kappa shape index (κ2) is 9.37. The maximum absolute atomic E-state index is 11.9. The summed E-state index contributed by atoms with van der Waals surface area (Å²) in [5, 5.41) is 5.04. The zero-order valence-corrected chi connectivity index (χ0v) is 16.8. The van der Waals surface area contributed by atoms with Crippen molar-refractivity contribution in [3.05, 3.63) is 64.3 Å². The van der Waals surface area contributed by atoms with E-state index in [2.05, 4.69) is 38.4 Å². The number of nitrogens with zero attached hydrogens (tertiary/aromatic N) is 1. The lowest BCUT2D eigenvalue weighted by molar-refractivity contribution is -0.123. The average Bonchev–Trinajstić information content (AvgIpc) is 3.07. The molecule has 3 rings (SSSR count). The summed E-state index contributed by atoms with van der Waals surface area (Å²) < 4.78 is 6.49. The number of hydrogen-bond acceptors (Lipinski definition) is 3. The van der Waals surface area contributed by atoms with Gasteiger partial charge in [-0.1, -0.05) is 41.4 Å². The van der Waals surface area contributed by atoms with Gasteiger partial charge in [-0.15, -0.1) is 0 Å². The third kappa shape index (κ3) is 5.44. The van der Waals surface area contributed by atoms with Crippen LogP contribution in [-0.2, 0) is 11.2 Å². The third-order valence-electron chi connectivity index (χ3n) is 4.18. The number of fused-ring (bicyclic) bond motifs is 1. The Morgan fingerprint density at radius 2 is 2.07 bits per heavy atom. The molecule has 5 nitrogen and oxygen atoms in total. The van der Waals surface area contributed by atoms with E-state index in [1.54, 1.807) is 6.21 Å². The van der Waals surface area contributed by atoms with Crippen molar-refractivity contribution >= 4 is 39.0 Å². The molecule has 0 saturated carbocycles. The number of ether oxygens (including phenoxy) is 1. The second-order valence-electron chi connectivity index (χ2n) is 6.26. The topological polar surface area (TPSA) is 66.5 Å². The minimum atomic E-state index is -0.303. The van der Waals surface area contributed by atoms with Crippen LogP contribution in [-0.4, -0.2) is 23.7 Å². The molecule has 0 radical (unpaired) electrons. The van der Waals surface area contributed by atoms with Crippen LogP contribution < -0.4 is 10.2 Å². The van der Waals surface area contributed by atoms with Crippen LogP contribution in [0.25, 0.3) is 10.9 Å². The molecular weight excluding hydrogens is 406 g/mol. The summed E-state index contributed by atoms with van der Waals surface area (Å²) >= 11 is 3.46. The van der Waals surface area contributed by atoms with Gasteiger partial charge in [0.25, 0.3) is 5.91 Å². The molecule has 0 unspecified atom stereocenters. The van der Waals surface area contributed by atoms with Gasteiger partial charge in [0.15, 0.2) is 6.61 Å². The fourth-order valence-corrected chi connectivity index (χ4v) is 3.07. The monoisotopic (exact) mass is 427 g/mol. The van der Waals surface area contributed by atoms with Crippen LogP contribution in [0, 0.1) is 0 Å². The Hall–Kier alpha value is -2.60. The van der Waals surface area contributed by atoms with Crippen LogP contribution in [0.15, 0.2) is 58.2 Å². The number of unbranched alkanes of at least 4 members (excludes halogenated alkanes) is 1. The molecule has 0 saturated heterocycles. The molecular formula is C21H22BrN3O2. The van der Waals surface area contributed by atoms with Crippen molar-refractivity contribution in [3.63, 3.8) is 0 Å². The van der Waals surface area contributed by atoms with Crippen LogP contribution >= 0.6 is 15.9 Å². The smallest absolute Gasteiger partial charge is 0.277 e. The van der Waals surface area contributed by atoms with E-state index in [-0.39, 0.29) is 12.5 Å². The van der Waals surface area contributed by atoms with Gasteiger partial charge in [0.1, 0.15) is 5.75 Å². The Morgan fingerprint density at radius 3 is 2.85 bits per heavy atom. The molecule has 6 heteroatoms. The normalized spacial score (nSPS) is 11.2. The number of nitrogens with one attached hydrogen (secondary N) is 2. The van der Waals surface area contributed by atoms with Crippen LogP contribution in [0.1, 0.15) is 30.9 Å². The van der Waals surface area contributed by atoms with Crippen molar-refractivity contribution < 1.29 is 9.53 Å². The number of aromatic nitrogens is 1. The number of H-pyrrole nitrogens is 1. The summed E-state index contributed by atoms with van der Waals surface area (Å²) in [5.41, 5.74) is 5.68. The molecule has 1 aromatic heterocycles. The number of hydrazone groups is 1. The number of carbonyl (C=O) groups excluding carboxylic acids is 1. The molecule has 0 spiro atoms. The predicted octanol–water partition coefficient (Wildman–Crippen LogP) is 4.80. The summed E-state index contributed by atoms with van der Waals surface area (Å²) in [6.07, 6.45) is 6.88. The number of hydrogen-bond donors (Lipinski definition) is 2. The Kier molecular flexibility index (Phi) is 6.65. The molecule has 27 heavy (non-hydrogen) atoms. The molecule has 0 fully saturated rings. The molecule has 140 valence electrons. The van der Waals surface area contributed by atoms with Crippen LogP contribution in [0.2, 0.25) is 0 Å². The van der Waals surface area contributed by atoms with Crippen LogP contribution in [0.5, 0.6) is 5.75 Å². The Balaban J connectivity index is 1.49. The van der Waals surface area contributed by atoms with Crippen LogP contribution in [0.4, 0.5) is 0 Å². The van der Waals surface area contributed by atoms with Gasteiger partial charge in [0.05, 0.1) is 6.21 Å². The van der Waals surface area contributed by atoms with Crippen molar-refractivity contribution in [1.29, 1.82) is 0 Å². The van der Waals surface area contributed by atoms with Crippen molar-refractivity contribution in [2.75, 3.05) is 6.61 Å². The van der Waals surface area contributed by atoms with Crippen LogP contribution in [0.3, 0.4) is 0 Å². The summed E-state index contributed by atoms with van der Waals surface area (Å²) in [5.74, 6) is 0.373. The van der Waals surface area contributed by atoms with Crippen molar-refractivity contribution in [2.45, 2.75) is 26.2 Å². The van der Waals surface area contributed by atoms with Gasteiger partial charge in [0.2, 0.25) is 0 Å². The second-order valence-corrected chi connectivity index (χ2v) is 7.18. The molecule has 0 aliphatic heterocycles. The van der Waals surface area contributed by atoms with Crippen molar-refractivity contribution in [1.82, 2.24) is 10.4 Å². The first kappa shape index (κ1) is 19.2. The van der Waals surface area contributed by atoms with Gasteiger partial charge in [-0.2, -0.15) is 5.10 Å². The van der Waals surface area contributed by atoms with Gasteiger partial charge < -0.3 is 9.72 Å². The summed E-state index contributed by atoms with van der Waals surface area (Å²) in [6.45, 7) is 2.10. The highest BCUT2D eigenvalue weighted by Gasteiger charge is 2.04. The van der Waals surface area contributed by atoms with E-state index in [1.807, 2.05) is 48.7 Å². The zero-order valence-electron chi connectivity index (χ0n) is 15.2. The first-order valence-corrected chi connectivity index (χ1v) is 9.75. The number of amides is 1. The maximum atomic E-state index is 11.9. The maximum Gasteiger partial charge on any atom is 0.277 e. The molecule has 1 heterocycles. The van der Waals surface area contributed by atoms with Crippen molar-refractivity contribution in [3.8, 4) is 5.75 Å². The van der Waals surface area contributed by atoms with E-state index in [4.69, 9.17) is 4.74 Å². The molecule has 2 aromatic carbocycles. The van der Waals surface area contributed by atoms with E-state index in [0.29, 0.717) is 5.75 Å². The number of aromatic amines is 1. The summed E-state index contributed by atoms with van der Waals surface area (Å²) in [4.78, 5) is 15.1. The zero-order chi connectivity index (χ0) is 19.1. The highest BCUT2D eigenvalue weighted by molar-refractivity contribution is 9.10. The summed E-state index contributed by atoms with van der Waals surface area (Å²) in [7, 11) is 0. The molecule has 0 bridgehead atoms. The average molecular weight is 428 g/mol. The minimum absolute atomic E-state index is 0.0783. The Bertz CT molecular complexity index is 932. The number of aryl methyl sites for hydroxylation is 1. The lowest BCUT2D eigenvalue weighted by Gasteiger charge is -2.06.